The van der Waals surface area contributed by atoms with Gasteiger partial charge < -0.3 is 10.1 Å². The van der Waals surface area contributed by atoms with Gasteiger partial charge in [-0.15, -0.1) is 24.4 Å². The molecule has 4 nitrogen and oxygen atoms in total. The van der Waals surface area contributed by atoms with Crippen LogP contribution in [-0.4, -0.2) is 28.9 Å². The summed E-state index contributed by atoms with van der Waals surface area (Å²) in [6, 6.07) is 0. The fourth-order valence-electron chi connectivity index (χ4n) is 0.718. The molecular weight excluding hydrogens is 210 g/mol. The summed E-state index contributed by atoms with van der Waals surface area (Å²) >= 11 is 4.96. The van der Waals surface area contributed by atoms with Crippen LogP contribution in [0.2, 0.25) is 0 Å². The Morgan fingerprint density at radius 2 is 2.15 bits per heavy atom. The molecule has 0 aromatic rings. The third-order valence-corrected chi connectivity index (χ3v) is 2.62. The first-order valence-electron chi connectivity index (χ1n) is 3.58. The van der Waals surface area contributed by atoms with Crippen LogP contribution in [0.15, 0.2) is 0 Å². The number of esters is 1. The molecule has 13 heavy (non-hydrogen) atoms. The monoisotopic (exact) mass is 223 g/mol. The number of nitrogens with one attached hydrogen (secondary N) is 1. The van der Waals surface area contributed by atoms with Crippen LogP contribution in [0.25, 0.3) is 0 Å². The minimum Gasteiger partial charge on any atom is -0.453 e. The van der Waals surface area contributed by atoms with Crippen LogP contribution in [0, 0.1) is 0 Å². The first-order valence-corrected chi connectivity index (χ1v) is 5.44. The molecule has 0 aromatic carbocycles. The molecule has 0 spiro atoms. The van der Waals surface area contributed by atoms with Gasteiger partial charge in [0.15, 0.2) is 4.87 Å². The molecule has 1 unspecified atom stereocenters. The summed E-state index contributed by atoms with van der Waals surface area (Å²) in [5.41, 5.74) is 0. The predicted octanol–water partition coefficient (Wildman–Crippen LogP) is 0.632. The highest BCUT2D eigenvalue weighted by atomic mass is 32.2. The Morgan fingerprint density at radius 3 is 2.46 bits per heavy atom. The minimum absolute atomic E-state index is 0.00850. The Kier molecular flexibility index (Phi) is 5.24. The lowest BCUT2D eigenvalue weighted by atomic mass is 10.3. The van der Waals surface area contributed by atoms with Crippen LogP contribution in [0.3, 0.4) is 0 Å². The van der Waals surface area contributed by atoms with E-state index in [1.165, 1.54) is 18.7 Å². The lowest BCUT2D eigenvalue weighted by Crippen LogP contribution is -2.49. The Labute approximate surface area is 87.2 Å². The van der Waals surface area contributed by atoms with E-state index >= 15 is 0 Å². The zero-order valence-corrected chi connectivity index (χ0v) is 9.50. The Morgan fingerprint density at radius 1 is 1.62 bits per heavy atom. The summed E-state index contributed by atoms with van der Waals surface area (Å²) in [5, 5.41) is 2.51. The fourth-order valence-corrected chi connectivity index (χ4v) is 1.31. The van der Waals surface area contributed by atoms with Crippen molar-refractivity contribution in [2.24, 2.45) is 0 Å². The van der Waals surface area contributed by atoms with E-state index in [1.54, 1.807) is 13.2 Å². The van der Waals surface area contributed by atoms with E-state index in [2.05, 4.69) is 22.7 Å². The summed E-state index contributed by atoms with van der Waals surface area (Å²) in [6.45, 7) is 2.94. The lowest BCUT2D eigenvalue weighted by Gasteiger charge is -2.25. The molecule has 1 amide bonds. The van der Waals surface area contributed by atoms with Crippen LogP contribution in [0.1, 0.15) is 13.8 Å². The van der Waals surface area contributed by atoms with E-state index in [0.717, 1.165) is 0 Å². The van der Waals surface area contributed by atoms with Crippen molar-refractivity contribution in [3.8, 4) is 0 Å². The fraction of sp³-hybridized carbons (Fsp3) is 0.714. The molecule has 0 aromatic heterocycles. The van der Waals surface area contributed by atoms with E-state index in [0.29, 0.717) is 0 Å². The van der Waals surface area contributed by atoms with Gasteiger partial charge in [-0.25, -0.2) is 4.79 Å². The highest BCUT2D eigenvalue weighted by Gasteiger charge is 2.34. The molecule has 0 fully saturated rings. The number of rotatable bonds is 4. The van der Waals surface area contributed by atoms with Crippen molar-refractivity contribution in [3.05, 3.63) is 0 Å². The summed E-state index contributed by atoms with van der Waals surface area (Å²) in [5.74, 6) is -0.757. The van der Waals surface area contributed by atoms with Crippen LogP contribution in [0.5, 0.6) is 0 Å². The Bertz CT molecular complexity index is 210. The average Bonchev–Trinajstić information content (AvgIpc) is 2.03. The second-order valence-corrected chi connectivity index (χ2v) is 3.96. The van der Waals surface area contributed by atoms with Gasteiger partial charge in [0.2, 0.25) is 5.91 Å². The number of ether oxygens (including phenoxy) is 1. The second kappa shape index (κ2) is 5.39. The van der Waals surface area contributed by atoms with E-state index in [-0.39, 0.29) is 11.8 Å². The number of amides is 1. The maximum Gasteiger partial charge on any atom is 0.343 e. The van der Waals surface area contributed by atoms with Crippen molar-refractivity contribution in [1.82, 2.24) is 5.32 Å². The molecule has 0 bridgehead atoms. The van der Waals surface area contributed by atoms with Crippen molar-refractivity contribution in [2.75, 3.05) is 12.2 Å². The van der Waals surface area contributed by atoms with Gasteiger partial charge in [0.1, 0.15) is 5.94 Å². The van der Waals surface area contributed by atoms with Gasteiger partial charge in [0, 0.05) is 6.92 Å². The predicted molar refractivity (Wildman–Crippen MR) is 55.7 cm³/mol. The maximum atomic E-state index is 11.3. The summed E-state index contributed by atoms with van der Waals surface area (Å²) < 4.78 is 4.69. The molecule has 0 radical (unpaired) electrons. The van der Waals surface area contributed by atoms with Gasteiger partial charge in [0.05, 0.1) is 0 Å². The number of thioether (sulfide) groups is 1. The van der Waals surface area contributed by atoms with Crippen molar-refractivity contribution < 1.29 is 14.3 Å². The number of carbonyl (C=O) groups excluding carboxylic acids is 2. The molecule has 1 atom stereocenters. The molecular formula is C7H13NO3S2. The third-order valence-electron chi connectivity index (χ3n) is 1.41. The number of hydrogen-bond acceptors (Lipinski definition) is 5. The van der Waals surface area contributed by atoms with Crippen LogP contribution >= 0.6 is 24.4 Å². The molecule has 0 aliphatic carbocycles. The Hall–Kier alpha value is -0.360. The largest absolute Gasteiger partial charge is 0.453 e. The van der Waals surface area contributed by atoms with Crippen molar-refractivity contribution in [3.63, 3.8) is 0 Å². The number of thiol groups is 1. The number of hydrogen-bond donors (Lipinski definition) is 2. The molecule has 6 heteroatoms. The molecule has 0 rings (SSSR count). The molecule has 76 valence electrons. The lowest BCUT2D eigenvalue weighted by molar-refractivity contribution is -0.146. The molecule has 0 aliphatic rings. The number of carbonyl (C=O) groups is 2. The highest BCUT2D eigenvalue weighted by Crippen LogP contribution is 2.20. The van der Waals surface area contributed by atoms with E-state index in [9.17, 15) is 9.59 Å². The normalized spacial score (nSPS) is 14.5. The van der Waals surface area contributed by atoms with E-state index in [4.69, 9.17) is 0 Å². The maximum absolute atomic E-state index is 11.3. The van der Waals surface area contributed by atoms with Crippen LogP contribution in [0.4, 0.5) is 0 Å². The summed E-state index contributed by atoms with van der Waals surface area (Å²) in [7, 11) is 0. The standard InChI is InChI=1S/C7H13NO3S2/c1-5(9)8-7(2,13-3)6(10)11-4-12/h12H,4H2,1-3H3,(H,8,9). The van der Waals surface area contributed by atoms with Crippen molar-refractivity contribution >= 4 is 36.3 Å². The molecule has 1 N–H and O–H groups in total. The first kappa shape index (κ1) is 12.6. The molecule has 0 heterocycles. The molecule has 0 saturated carbocycles. The van der Waals surface area contributed by atoms with Gasteiger partial charge in [-0.3, -0.25) is 4.79 Å². The van der Waals surface area contributed by atoms with Crippen molar-refractivity contribution in [1.29, 1.82) is 0 Å². The molecule has 0 aliphatic heterocycles. The van der Waals surface area contributed by atoms with Gasteiger partial charge in [0.25, 0.3) is 0 Å². The average molecular weight is 223 g/mol. The quantitative estimate of drug-likeness (QED) is 0.417. The smallest absolute Gasteiger partial charge is 0.343 e. The molecule has 0 saturated heterocycles. The highest BCUT2D eigenvalue weighted by molar-refractivity contribution is 8.00. The van der Waals surface area contributed by atoms with Crippen LogP contribution < -0.4 is 5.32 Å². The van der Waals surface area contributed by atoms with E-state index in [1.807, 2.05) is 0 Å². The topological polar surface area (TPSA) is 55.4 Å². The van der Waals surface area contributed by atoms with Gasteiger partial charge in [-0.05, 0) is 13.2 Å². The SMILES string of the molecule is CSC(C)(NC(C)=O)C(=O)OCS. The van der Waals surface area contributed by atoms with Crippen LogP contribution in [-0.2, 0) is 14.3 Å². The van der Waals surface area contributed by atoms with Gasteiger partial charge in [-0.1, -0.05) is 0 Å². The third kappa shape index (κ3) is 3.91. The minimum atomic E-state index is -1.02. The van der Waals surface area contributed by atoms with Gasteiger partial charge in [-0.2, -0.15) is 0 Å². The summed E-state index contributed by atoms with van der Waals surface area (Å²) in [6.07, 6.45) is 1.72. The van der Waals surface area contributed by atoms with E-state index < -0.39 is 10.8 Å². The zero-order valence-electron chi connectivity index (χ0n) is 7.79. The first-order chi connectivity index (χ1) is 5.96. The second-order valence-electron chi connectivity index (χ2n) is 2.48. The summed E-state index contributed by atoms with van der Waals surface area (Å²) in [4.78, 5) is 21.1. The zero-order chi connectivity index (χ0) is 10.5. The Balaban J connectivity index is 4.42. The van der Waals surface area contributed by atoms with Crippen molar-refractivity contribution in [2.45, 2.75) is 18.7 Å². The van der Waals surface area contributed by atoms with Gasteiger partial charge >= 0.3 is 5.97 Å².